The van der Waals surface area contributed by atoms with Crippen LogP contribution in [0.1, 0.15) is 11.3 Å². The van der Waals surface area contributed by atoms with Crippen molar-refractivity contribution in [2.24, 2.45) is 5.10 Å². The maximum absolute atomic E-state index is 9.73. The van der Waals surface area contributed by atoms with Gasteiger partial charge in [-0.15, -0.1) is 0 Å². The highest BCUT2D eigenvalue weighted by Gasteiger charge is 2.16. The van der Waals surface area contributed by atoms with Crippen molar-refractivity contribution in [1.82, 2.24) is 19.9 Å². The van der Waals surface area contributed by atoms with Gasteiger partial charge in [-0.1, -0.05) is 6.07 Å². The van der Waals surface area contributed by atoms with Crippen molar-refractivity contribution in [2.75, 3.05) is 55.6 Å². The monoisotopic (exact) mass is 450 g/mol. The Morgan fingerprint density at radius 3 is 2.79 bits per heavy atom. The summed E-state index contributed by atoms with van der Waals surface area (Å²) in [5, 5.41) is 17.2. The predicted octanol–water partition coefficient (Wildman–Crippen LogP) is 1.92. The van der Waals surface area contributed by atoms with E-state index in [4.69, 9.17) is 9.47 Å². The minimum Gasteiger partial charge on any atom is -0.504 e. The Labute approximate surface area is 191 Å². The van der Waals surface area contributed by atoms with Crippen molar-refractivity contribution in [3.8, 4) is 11.5 Å². The van der Waals surface area contributed by atoms with E-state index in [-0.39, 0.29) is 5.75 Å². The van der Waals surface area contributed by atoms with Gasteiger partial charge >= 0.3 is 0 Å². The molecule has 0 unspecified atom stereocenters. The highest BCUT2D eigenvalue weighted by atomic mass is 16.5. The van der Waals surface area contributed by atoms with Crippen molar-refractivity contribution in [1.29, 1.82) is 0 Å². The Kier molecular flexibility index (Phi) is 7.44. The van der Waals surface area contributed by atoms with Crippen LogP contribution in [0.5, 0.6) is 11.5 Å². The minimum atomic E-state index is 0.0663. The number of methoxy groups -OCH3 is 1. The van der Waals surface area contributed by atoms with Gasteiger partial charge in [0.05, 0.1) is 26.5 Å². The molecule has 3 aromatic rings. The molecule has 0 spiro atoms. The van der Waals surface area contributed by atoms with Crippen molar-refractivity contribution >= 4 is 24.1 Å². The van der Waals surface area contributed by atoms with E-state index in [9.17, 15) is 5.11 Å². The molecular weight excluding hydrogens is 424 g/mol. The smallest absolute Gasteiger partial charge is 0.250 e. The second-order valence-corrected chi connectivity index (χ2v) is 7.18. The van der Waals surface area contributed by atoms with Crippen LogP contribution in [0.4, 0.5) is 17.8 Å². The number of rotatable bonds is 9. The number of nitrogens with zero attached hydrogens (tertiary/aromatic N) is 6. The van der Waals surface area contributed by atoms with Gasteiger partial charge in [-0.2, -0.15) is 20.1 Å². The van der Waals surface area contributed by atoms with E-state index in [1.165, 1.54) is 7.11 Å². The zero-order valence-electron chi connectivity index (χ0n) is 18.3. The van der Waals surface area contributed by atoms with Gasteiger partial charge in [0.1, 0.15) is 0 Å². The van der Waals surface area contributed by atoms with Crippen molar-refractivity contribution < 1.29 is 14.6 Å². The van der Waals surface area contributed by atoms with E-state index in [0.29, 0.717) is 56.4 Å². The van der Waals surface area contributed by atoms with Crippen LogP contribution in [0.3, 0.4) is 0 Å². The van der Waals surface area contributed by atoms with Crippen LogP contribution in [0.15, 0.2) is 47.7 Å². The molecule has 1 aromatic carbocycles. The predicted molar refractivity (Wildman–Crippen MR) is 125 cm³/mol. The highest BCUT2D eigenvalue weighted by Crippen LogP contribution is 2.25. The molecule has 0 saturated carbocycles. The first-order valence-electron chi connectivity index (χ1n) is 10.6. The number of ether oxygens (including phenoxy) is 2. The molecule has 11 nitrogen and oxygen atoms in total. The lowest BCUT2D eigenvalue weighted by molar-refractivity contribution is 0.122. The van der Waals surface area contributed by atoms with E-state index >= 15 is 0 Å². The third kappa shape index (κ3) is 6.26. The summed E-state index contributed by atoms with van der Waals surface area (Å²) in [4.78, 5) is 19.9. The topological polar surface area (TPSA) is 130 Å². The lowest BCUT2D eigenvalue weighted by Crippen LogP contribution is -2.37. The molecule has 1 saturated heterocycles. The SMILES string of the molecule is COc1cc(/C=N/Nc2nc(NCCc3ccccn3)nc(N3CCOCC3)n2)ccc1O. The summed E-state index contributed by atoms with van der Waals surface area (Å²) >= 11 is 0. The van der Waals surface area contributed by atoms with Gasteiger partial charge in [0.15, 0.2) is 11.5 Å². The Morgan fingerprint density at radius 1 is 1.15 bits per heavy atom. The molecule has 2 aromatic heterocycles. The lowest BCUT2D eigenvalue weighted by Gasteiger charge is -2.27. The second kappa shape index (κ2) is 11.0. The molecule has 33 heavy (non-hydrogen) atoms. The molecule has 4 rings (SSSR count). The number of morpholine rings is 1. The number of aromatic nitrogens is 4. The van der Waals surface area contributed by atoms with Crippen molar-refractivity contribution in [3.05, 3.63) is 53.9 Å². The summed E-state index contributed by atoms with van der Waals surface area (Å²) in [6.07, 6.45) is 4.11. The zero-order valence-corrected chi connectivity index (χ0v) is 18.3. The quantitative estimate of drug-likeness (QED) is 0.328. The van der Waals surface area contributed by atoms with Gasteiger partial charge in [0.25, 0.3) is 0 Å². The van der Waals surface area contributed by atoms with Crippen LogP contribution >= 0.6 is 0 Å². The number of hydrazone groups is 1. The van der Waals surface area contributed by atoms with Gasteiger partial charge < -0.3 is 24.8 Å². The zero-order chi connectivity index (χ0) is 22.9. The van der Waals surface area contributed by atoms with Crippen LogP contribution in [0.2, 0.25) is 0 Å². The van der Waals surface area contributed by atoms with E-state index < -0.39 is 0 Å². The number of phenols is 1. The van der Waals surface area contributed by atoms with Crippen molar-refractivity contribution in [2.45, 2.75) is 6.42 Å². The number of benzene rings is 1. The van der Waals surface area contributed by atoms with E-state index in [1.807, 2.05) is 18.2 Å². The molecule has 1 aliphatic heterocycles. The maximum Gasteiger partial charge on any atom is 0.250 e. The summed E-state index contributed by atoms with van der Waals surface area (Å²) in [6, 6.07) is 10.8. The van der Waals surface area contributed by atoms with Crippen LogP contribution < -0.4 is 20.4 Å². The molecule has 0 amide bonds. The van der Waals surface area contributed by atoms with E-state index in [1.54, 1.807) is 30.6 Å². The molecule has 0 atom stereocenters. The van der Waals surface area contributed by atoms with Crippen LogP contribution in [-0.4, -0.2) is 71.2 Å². The van der Waals surface area contributed by atoms with Crippen molar-refractivity contribution in [3.63, 3.8) is 0 Å². The fourth-order valence-electron chi connectivity index (χ4n) is 3.19. The van der Waals surface area contributed by atoms with Crippen LogP contribution in [0.25, 0.3) is 0 Å². The first-order chi connectivity index (χ1) is 16.2. The highest BCUT2D eigenvalue weighted by molar-refractivity contribution is 5.81. The minimum absolute atomic E-state index is 0.0663. The van der Waals surface area contributed by atoms with Gasteiger partial charge in [-0.05, 0) is 35.9 Å². The molecule has 0 aliphatic carbocycles. The molecule has 11 heteroatoms. The summed E-state index contributed by atoms with van der Waals surface area (Å²) in [5.41, 5.74) is 4.60. The average Bonchev–Trinajstić information content (AvgIpc) is 2.86. The summed E-state index contributed by atoms with van der Waals surface area (Å²) in [6.45, 7) is 3.27. The normalized spacial score (nSPS) is 13.8. The molecule has 1 fully saturated rings. The fourth-order valence-corrected chi connectivity index (χ4v) is 3.19. The summed E-state index contributed by atoms with van der Waals surface area (Å²) in [5.74, 6) is 1.75. The molecule has 3 heterocycles. The molecule has 3 N–H and O–H groups in total. The molecule has 172 valence electrons. The average molecular weight is 451 g/mol. The summed E-state index contributed by atoms with van der Waals surface area (Å²) in [7, 11) is 1.49. The van der Waals surface area contributed by atoms with Crippen LogP contribution in [0, 0.1) is 0 Å². The van der Waals surface area contributed by atoms with Gasteiger partial charge in [0, 0.05) is 37.9 Å². The summed E-state index contributed by atoms with van der Waals surface area (Å²) < 4.78 is 10.6. The number of hydrogen-bond donors (Lipinski definition) is 3. The number of phenolic OH excluding ortho intramolecular Hbond substituents is 1. The third-order valence-electron chi connectivity index (χ3n) is 4.89. The maximum atomic E-state index is 9.73. The molecular formula is C22H26N8O3. The Bertz CT molecular complexity index is 1070. The number of aromatic hydroxyl groups is 1. The Morgan fingerprint density at radius 2 is 2.00 bits per heavy atom. The number of hydrogen-bond acceptors (Lipinski definition) is 11. The van der Waals surface area contributed by atoms with Gasteiger partial charge in [-0.25, -0.2) is 5.43 Å². The first kappa shape index (κ1) is 22.2. The molecule has 1 aliphatic rings. The van der Waals surface area contributed by atoms with Gasteiger partial charge in [0.2, 0.25) is 17.8 Å². The number of pyridine rings is 1. The largest absolute Gasteiger partial charge is 0.504 e. The lowest BCUT2D eigenvalue weighted by atomic mass is 10.2. The number of nitrogens with one attached hydrogen (secondary N) is 2. The Hall–Kier alpha value is -3.99. The second-order valence-electron chi connectivity index (χ2n) is 7.18. The van der Waals surface area contributed by atoms with Gasteiger partial charge in [-0.3, -0.25) is 4.98 Å². The first-order valence-corrected chi connectivity index (χ1v) is 10.6. The number of anilines is 3. The molecule has 0 radical (unpaired) electrons. The standard InChI is InChI=1S/C22H26N8O3/c1-32-19-14-16(5-6-18(19)31)15-25-29-21-26-20(24-9-7-17-4-2-3-8-23-17)27-22(28-21)30-10-12-33-13-11-30/h2-6,8,14-15,31H,7,9-13H2,1H3,(H2,24,26,27,28,29)/b25-15+. The van der Waals surface area contributed by atoms with E-state index in [2.05, 4.69) is 40.7 Å². The van der Waals surface area contributed by atoms with Crippen LogP contribution in [-0.2, 0) is 11.2 Å². The third-order valence-corrected chi connectivity index (χ3v) is 4.89. The Balaban J connectivity index is 1.47. The van der Waals surface area contributed by atoms with E-state index in [0.717, 1.165) is 17.7 Å². The molecule has 0 bridgehead atoms. The fraction of sp³-hybridized carbons (Fsp3) is 0.318.